The standard InChI is InChI=1S/C12H11F2N3O2S/c1-19-5-8-10(11(18)17-15)20-12(16-8)9-6(13)3-2-4-7(9)14/h2-4H,5,15H2,1H3,(H,17,18). The number of methoxy groups -OCH3 is 1. The normalized spacial score (nSPS) is 10.6. The van der Waals surface area contributed by atoms with Gasteiger partial charge in [0.15, 0.2) is 0 Å². The van der Waals surface area contributed by atoms with Crippen LogP contribution in [0.1, 0.15) is 15.4 Å². The molecule has 0 spiro atoms. The third kappa shape index (κ3) is 2.67. The van der Waals surface area contributed by atoms with Gasteiger partial charge in [0.25, 0.3) is 5.91 Å². The molecule has 2 rings (SSSR count). The Hall–Kier alpha value is -1.90. The van der Waals surface area contributed by atoms with E-state index in [1.54, 1.807) is 0 Å². The van der Waals surface area contributed by atoms with E-state index in [1.807, 2.05) is 5.43 Å². The number of halogens is 2. The van der Waals surface area contributed by atoms with Gasteiger partial charge in [0.1, 0.15) is 21.5 Å². The van der Waals surface area contributed by atoms with E-state index in [9.17, 15) is 13.6 Å². The molecule has 0 atom stereocenters. The largest absolute Gasteiger partial charge is 0.378 e. The van der Waals surface area contributed by atoms with Crippen LogP contribution in [0.3, 0.4) is 0 Å². The molecular weight excluding hydrogens is 288 g/mol. The maximum Gasteiger partial charge on any atom is 0.277 e. The second kappa shape index (κ2) is 6.04. The van der Waals surface area contributed by atoms with Crippen molar-refractivity contribution in [3.8, 4) is 10.6 Å². The lowest BCUT2D eigenvalue weighted by Crippen LogP contribution is -2.30. The molecule has 1 aromatic carbocycles. The molecular formula is C12H11F2N3O2S. The van der Waals surface area contributed by atoms with E-state index in [4.69, 9.17) is 10.6 Å². The first-order valence-corrected chi connectivity index (χ1v) is 6.34. The van der Waals surface area contributed by atoms with Crippen LogP contribution in [-0.4, -0.2) is 18.0 Å². The summed E-state index contributed by atoms with van der Waals surface area (Å²) < 4.78 is 32.3. The van der Waals surface area contributed by atoms with Crippen molar-refractivity contribution in [3.63, 3.8) is 0 Å². The number of hydrogen-bond acceptors (Lipinski definition) is 5. The molecule has 0 aliphatic carbocycles. The van der Waals surface area contributed by atoms with Gasteiger partial charge in [0, 0.05) is 7.11 Å². The molecule has 0 fully saturated rings. The molecule has 3 N–H and O–H groups in total. The Balaban J connectivity index is 2.56. The molecule has 20 heavy (non-hydrogen) atoms. The van der Waals surface area contributed by atoms with E-state index in [2.05, 4.69) is 4.98 Å². The van der Waals surface area contributed by atoms with Gasteiger partial charge < -0.3 is 4.74 Å². The number of nitrogens with zero attached hydrogens (tertiary/aromatic N) is 1. The number of carbonyl (C=O) groups is 1. The molecule has 8 heteroatoms. The second-order valence-electron chi connectivity index (χ2n) is 3.80. The summed E-state index contributed by atoms with van der Waals surface area (Å²) in [6.45, 7) is 0.0370. The molecule has 106 valence electrons. The summed E-state index contributed by atoms with van der Waals surface area (Å²) in [4.78, 5) is 15.8. The lowest BCUT2D eigenvalue weighted by molar-refractivity contribution is 0.0952. The third-order valence-corrected chi connectivity index (χ3v) is 3.61. The van der Waals surface area contributed by atoms with E-state index in [-0.39, 0.29) is 27.7 Å². The number of carbonyl (C=O) groups excluding carboxylic acids is 1. The molecule has 1 aromatic heterocycles. The molecule has 0 saturated carbocycles. The Bertz CT molecular complexity index is 625. The molecule has 0 radical (unpaired) electrons. The molecule has 2 aromatic rings. The van der Waals surface area contributed by atoms with E-state index in [1.165, 1.54) is 13.2 Å². The number of hydrazine groups is 1. The van der Waals surface area contributed by atoms with Gasteiger partial charge in [-0.05, 0) is 12.1 Å². The molecule has 0 aliphatic rings. The van der Waals surface area contributed by atoms with Gasteiger partial charge >= 0.3 is 0 Å². The highest BCUT2D eigenvalue weighted by atomic mass is 32.1. The van der Waals surface area contributed by atoms with E-state index < -0.39 is 17.5 Å². The Morgan fingerprint density at radius 3 is 2.65 bits per heavy atom. The molecule has 1 amide bonds. The summed E-state index contributed by atoms with van der Waals surface area (Å²) in [5.74, 6) is 2.99. The summed E-state index contributed by atoms with van der Waals surface area (Å²) in [7, 11) is 1.42. The van der Waals surface area contributed by atoms with Crippen molar-refractivity contribution < 1.29 is 18.3 Å². The van der Waals surface area contributed by atoms with Crippen LogP contribution in [-0.2, 0) is 11.3 Å². The molecule has 0 saturated heterocycles. The van der Waals surface area contributed by atoms with E-state index in [0.717, 1.165) is 23.5 Å². The number of hydrogen-bond donors (Lipinski definition) is 2. The number of nitrogens with two attached hydrogens (primary N) is 1. The van der Waals surface area contributed by atoms with Crippen LogP contribution >= 0.6 is 11.3 Å². The van der Waals surface area contributed by atoms with Crippen LogP contribution in [0.2, 0.25) is 0 Å². The first-order chi connectivity index (χ1) is 9.58. The zero-order valence-corrected chi connectivity index (χ0v) is 11.3. The Labute approximate surface area is 117 Å². The summed E-state index contributed by atoms with van der Waals surface area (Å²) in [6, 6.07) is 3.50. The maximum absolute atomic E-state index is 13.7. The minimum atomic E-state index is -0.748. The minimum Gasteiger partial charge on any atom is -0.378 e. The number of aromatic nitrogens is 1. The Kier molecular flexibility index (Phi) is 4.38. The van der Waals surface area contributed by atoms with Gasteiger partial charge in [-0.3, -0.25) is 10.2 Å². The van der Waals surface area contributed by atoms with Crippen molar-refractivity contribution in [1.29, 1.82) is 0 Å². The van der Waals surface area contributed by atoms with Crippen LogP contribution < -0.4 is 11.3 Å². The predicted octanol–water partition coefficient (Wildman–Crippen LogP) is 1.84. The summed E-state index contributed by atoms with van der Waals surface area (Å²) in [6.07, 6.45) is 0. The van der Waals surface area contributed by atoms with Gasteiger partial charge in [-0.1, -0.05) is 6.07 Å². The van der Waals surface area contributed by atoms with Crippen molar-refractivity contribution in [3.05, 3.63) is 40.4 Å². The fourth-order valence-corrected chi connectivity index (χ4v) is 2.66. The number of rotatable bonds is 4. The van der Waals surface area contributed by atoms with Gasteiger partial charge in [-0.25, -0.2) is 19.6 Å². The van der Waals surface area contributed by atoms with Crippen LogP contribution in [0.15, 0.2) is 18.2 Å². The molecule has 1 heterocycles. The fraction of sp³-hybridized carbons (Fsp3) is 0.167. The molecule has 0 aliphatic heterocycles. The summed E-state index contributed by atoms with van der Waals surface area (Å²) >= 11 is 0.850. The molecule has 0 bridgehead atoms. The van der Waals surface area contributed by atoms with E-state index in [0.29, 0.717) is 0 Å². The highest BCUT2D eigenvalue weighted by molar-refractivity contribution is 7.17. The topological polar surface area (TPSA) is 77.2 Å². The van der Waals surface area contributed by atoms with Crippen LogP contribution in [0.4, 0.5) is 8.78 Å². The van der Waals surface area contributed by atoms with Gasteiger partial charge in [-0.2, -0.15) is 0 Å². The predicted molar refractivity (Wildman–Crippen MR) is 69.8 cm³/mol. The average molecular weight is 299 g/mol. The smallest absolute Gasteiger partial charge is 0.277 e. The number of nitrogens with one attached hydrogen (secondary N) is 1. The first kappa shape index (κ1) is 14.5. The van der Waals surface area contributed by atoms with Gasteiger partial charge in [0.2, 0.25) is 0 Å². The lowest BCUT2D eigenvalue weighted by atomic mass is 10.2. The van der Waals surface area contributed by atoms with Crippen molar-refractivity contribution >= 4 is 17.2 Å². The zero-order chi connectivity index (χ0) is 14.7. The van der Waals surface area contributed by atoms with Crippen molar-refractivity contribution in [2.75, 3.05) is 7.11 Å². The Morgan fingerprint density at radius 2 is 2.10 bits per heavy atom. The zero-order valence-electron chi connectivity index (χ0n) is 10.4. The van der Waals surface area contributed by atoms with Crippen LogP contribution in [0.25, 0.3) is 10.6 Å². The number of thiazole rings is 1. The summed E-state index contributed by atoms with van der Waals surface area (Å²) in [5.41, 5.74) is 1.97. The minimum absolute atomic E-state index is 0.0370. The number of nitrogen functional groups attached to an aromatic ring is 1. The molecule has 5 nitrogen and oxygen atoms in total. The lowest BCUT2D eigenvalue weighted by Gasteiger charge is -1.99. The average Bonchev–Trinajstić information content (AvgIpc) is 2.82. The van der Waals surface area contributed by atoms with Crippen LogP contribution in [0.5, 0.6) is 0 Å². The fourth-order valence-electron chi connectivity index (χ4n) is 1.64. The van der Waals surface area contributed by atoms with Crippen molar-refractivity contribution in [2.24, 2.45) is 5.84 Å². The highest BCUT2D eigenvalue weighted by Crippen LogP contribution is 2.32. The van der Waals surface area contributed by atoms with Crippen molar-refractivity contribution in [2.45, 2.75) is 6.61 Å². The second-order valence-corrected chi connectivity index (χ2v) is 4.80. The monoisotopic (exact) mass is 299 g/mol. The summed E-state index contributed by atoms with van der Waals surface area (Å²) in [5, 5.41) is 0.0613. The van der Waals surface area contributed by atoms with Gasteiger partial charge in [-0.15, -0.1) is 11.3 Å². The quantitative estimate of drug-likeness (QED) is 0.513. The van der Waals surface area contributed by atoms with E-state index >= 15 is 0 Å². The van der Waals surface area contributed by atoms with Crippen molar-refractivity contribution in [1.82, 2.24) is 10.4 Å². The van der Waals surface area contributed by atoms with Crippen LogP contribution in [0, 0.1) is 11.6 Å². The Morgan fingerprint density at radius 1 is 1.45 bits per heavy atom. The maximum atomic E-state index is 13.7. The third-order valence-electron chi connectivity index (χ3n) is 2.49. The SMILES string of the molecule is COCc1nc(-c2c(F)cccc2F)sc1C(=O)NN. The number of amides is 1. The van der Waals surface area contributed by atoms with Gasteiger partial charge in [0.05, 0.1) is 17.9 Å². The molecule has 0 unspecified atom stereocenters. The first-order valence-electron chi connectivity index (χ1n) is 5.52. The number of ether oxygens (including phenoxy) is 1. The number of benzene rings is 1. The highest BCUT2D eigenvalue weighted by Gasteiger charge is 2.21.